The van der Waals surface area contributed by atoms with Crippen molar-refractivity contribution in [2.24, 2.45) is 0 Å². The van der Waals surface area contributed by atoms with Gasteiger partial charge in [-0.2, -0.15) is 0 Å². The number of thiophene rings is 1. The number of carboxylic acids is 1. The molecule has 88 valence electrons. The summed E-state index contributed by atoms with van der Waals surface area (Å²) in [6.45, 7) is 3.22. The van der Waals surface area contributed by atoms with Gasteiger partial charge in [0.2, 0.25) is 5.91 Å². The van der Waals surface area contributed by atoms with E-state index in [1.54, 1.807) is 11.4 Å². The van der Waals surface area contributed by atoms with E-state index in [0.29, 0.717) is 18.7 Å². The third-order valence-corrected chi connectivity index (χ3v) is 2.80. The fourth-order valence-corrected chi connectivity index (χ4v) is 1.97. The highest BCUT2D eigenvalue weighted by atomic mass is 32.1. The van der Waals surface area contributed by atoms with Crippen LogP contribution in [0.15, 0.2) is 11.4 Å². The summed E-state index contributed by atoms with van der Waals surface area (Å²) in [5, 5.41) is 15.9. The quantitative estimate of drug-likeness (QED) is 0.685. The summed E-state index contributed by atoms with van der Waals surface area (Å²) in [5.41, 5.74) is 0.291. The van der Waals surface area contributed by atoms with Crippen LogP contribution in [-0.4, -0.2) is 30.1 Å². The van der Waals surface area contributed by atoms with Gasteiger partial charge in [-0.15, -0.1) is 11.3 Å². The predicted molar refractivity (Wildman–Crippen MR) is 61.7 cm³/mol. The van der Waals surface area contributed by atoms with Crippen LogP contribution in [-0.2, 0) is 11.3 Å². The number of aromatic carboxylic acids is 1. The van der Waals surface area contributed by atoms with E-state index in [-0.39, 0.29) is 12.5 Å². The molecule has 0 unspecified atom stereocenters. The highest BCUT2D eigenvalue weighted by Crippen LogP contribution is 2.14. The van der Waals surface area contributed by atoms with Crippen molar-refractivity contribution in [1.29, 1.82) is 0 Å². The third kappa shape index (κ3) is 4.00. The van der Waals surface area contributed by atoms with E-state index in [9.17, 15) is 9.59 Å². The lowest BCUT2D eigenvalue weighted by molar-refractivity contribution is -0.120. The molecule has 0 bridgehead atoms. The van der Waals surface area contributed by atoms with E-state index in [0.717, 1.165) is 4.88 Å². The van der Waals surface area contributed by atoms with Crippen LogP contribution in [0, 0.1) is 0 Å². The van der Waals surface area contributed by atoms with Gasteiger partial charge in [0.25, 0.3) is 0 Å². The van der Waals surface area contributed by atoms with Crippen LogP contribution in [0.25, 0.3) is 0 Å². The van der Waals surface area contributed by atoms with Crippen LogP contribution in [0.5, 0.6) is 0 Å². The third-order valence-electron chi connectivity index (χ3n) is 1.86. The van der Waals surface area contributed by atoms with E-state index in [2.05, 4.69) is 10.6 Å². The number of carbonyl (C=O) groups is 2. The monoisotopic (exact) mass is 242 g/mol. The Labute approximate surface area is 97.5 Å². The summed E-state index contributed by atoms with van der Waals surface area (Å²) in [5.74, 6) is -0.983. The van der Waals surface area contributed by atoms with Gasteiger partial charge in [-0.1, -0.05) is 0 Å². The van der Waals surface area contributed by atoms with Crippen LogP contribution >= 0.6 is 11.3 Å². The average Bonchev–Trinajstić information content (AvgIpc) is 2.67. The van der Waals surface area contributed by atoms with Crippen molar-refractivity contribution >= 4 is 23.2 Å². The summed E-state index contributed by atoms with van der Waals surface area (Å²) in [6.07, 6.45) is 0. The van der Waals surface area contributed by atoms with Crippen LogP contribution in [0.1, 0.15) is 22.2 Å². The molecule has 1 aromatic heterocycles. The topological polar surface area (TPSA) is 78.4 Å². The van der Waals surface area contributed by atoms with Gasteiger partial charge >= 0.3 is 5.97 Å². The van der Waals surface area contributed by atoms with Crippen LogP contribution in [0.4, 0.5) is 0 Å². The maximum atomic E-state index is 11.1. The van der Waals surface area contributed by atoms with Gasteiger partial charge in [-0.05, 0) is 13.0 Å². The van der Waals surface area contributed by atoms with Gasteiger partial charge in [0.15, 0.2) is 0 Å². The van der Waals surface area contributed by atoms with Crippen LogP contribution in [0.3, 0.4) is 0 Å². The number of amides is 1. The molecule has 0 atom stereocenters. The lowest BCUT2D eigenvalue weighted by Gasteiger charge is -2.02. The summed E-state index contributed by atoms with van der Waals surface area (Å²) in [7, 11) is 0. The second kappa shape index (κ2) is 6.24. The molecule has 0 spiro atoms. The highest BCUT2D eigenvalue weighted by Gasteiger charge is 2.06. The number of carbonyl (C=O) groups excluding carboxylic acids is 1. The minimum absolute atomic E-state index is 0.0579. The van der Waals surface area contributed by atoms with Crippen LogP contribution in [0.2, 0.25) is 0 Å². The Bertz CT molecular complexity index is 376. The summed E-state index contributed by atoms with van der Waals surface area (Å²) < 4.78 is 0. The second-order valence-electron chi connectivity index (χ2n) is 3.16. The molecular formula is C10H14N2O3S. The molecule has 6 heteroatoms. The number of rotatable bonds is 6. The fourth-order valence-electron chi connectivity index (χ4n) is 1.14. The number of hydrogen-bond acceptors (Lipinski definition) is 4. The zero-order valence-corrected chi connectivity index (χ0v) is 9.76. The van der Waals surface area contributed by atoms with E-state index >= 15 is 0 Å². The Morgan fingerprint density at radius 2 is 2.25 bits per heavy atom. The van der Waals surface area contributed by atoms with E-state index in [4.69, 9.17) is 5.11 Å². The molecule has 1 rings (SSSR count). The first kappa shape index (κ1) is 12.7. The Kier molecular flexibility index (Phi) is 4.94. The molecule has 0 aromatic carbocycles. The molecule has 0 saturated carbocycles. The Hall–Kier alpha value is -1.40. The molecule has 1 aromatic rings. The normalized spacial score (nSPS) is 10.1. The minimum Gasteiger partial charge on any atom is -0.478 e. The van der Waals surface area contributed by atoms with Gasteiger partial charge in [0.1, 0.15) is 0 Å². The summed E-state index contributed by atoms with van der Waals surface area (Å²) >= 11 is 1.37. The molecule has 0 saturated heterocycles. The van der Waals surface area contributed by atoms with Crippen molar-refractivity contribution in [3.05, 3.63) is 21.9 Å². The Morgan fingerprint density at radius 1 is 1.50 bits per heavy atom. The molecule has 0 aliphatic carbocycles. The van der Waals surface area contributed by atoms with Crippen molar-refractivity contribution in [1.82, 2.24) is 10.6 Å². The molecule has 16 heavy (non-hydrogen) atoms. The van der Waals surface area contributed by atoms with E-state index < -0.39 is 5.97 Å². The lowest BCUT2D eigenvalue weighted by atomic mass is 10.3. The Morgan fingerprint density at radius 3 is 2.81 bits per heavy atom. The molecular weight excluding hydrogens is 228 g/mol. The maximum Gasteiger partial charge on any atom is 0.336 e. The SMILES string of the molecule is CCNC(=O)CNCc1cc(C(=O)O)cs1. The van der Waals surface area contributed by atoms with Gasteiger partial charge in [0.05, 0.1) is 12.1 Å². The first-order valence-corrected chi connectivity index (χ1v) is 5.79. The van der Waals surface area contributed by atoms with Crippen molar-refractivity contribution in [2.45, 2.75) is 13.5 Å². The lowest BCUT2D eigenvalue weighted by Crippen LogP contribution is -2.33. The maximum absolute atomic E-state index is 11.1. The standard InChI is InChI=1S/C10H14N2O3S/c1-2-12-9(13)5-11-4-8-3-7(6-16-8)10(14)15/h3,6,11H,2,4-5H2,1H3,(H,12,13)(H,14,15). The van der Waals surface area contributed by atoms with Crippen molar-refractivity contribution in [2.75, 3.05) is 13.1 Å². The van der Waals surface area contributed by atoms with Crippen molar-refractivity contribution in [3.63, 3.8) is 0 Å². The molecule has 0 aliphatic heterocycles. The molecule has 1 heterocycles. The predicted octanol–water partition coefficient (Wildman–Crippen LogP) is 0.672. The summed E-state index contributed by atoms with van der Waals surface area (Å²) in [4.78, 5) is 22.6. The number of carboxylic acid groups (broad SMARTS) is 1. The van der Waals surface area contributed by atoms with Gasteiger partial charge in [-0.3, -0.25) is 4.79 Å². The number of likely N-dealkylation sites (N-methyl/N-ethyl adjacent to an activating group) is 1. The van der Waals surface area contributed by atoms with Crippen molar-refractivity contribution in [3.8, 4) is 0 Å². The molecule has 0 radical (unpaired) electrons. The molecule has 0 fully saturated rings. The zero-order chi connectivity index (χ0) is 12.0. The molecule has 0 aliphatic rings. The number of nitrogens with one attached hydrogen (secondary N) is 2. The molecule has 5 nitrogen and oxygen atoms in total. The molecule has 3 N–H and O–H groups in total. The highest BCUT2D eigenvalue weighted by molar-refractivity contribution is 7.10. The van der Waals surface area contributed by atoms with Crippen LogP contribution < -0.4 is 10.6 Å². The minimum atomic E-state index is -0.925. The molecule has 1 amide bonds. The van der Waals surface area contributed by atoms with E-state index in [1.165, 1.54) is 11.3 Å². The fraction of sp³-hybridized carbons (Fsp3) is 0.400. The second-order valence-corrected chi connectivity index (χ2v) is 4.16. The smallest absolute Gasteiger partial charge is 0.336 e. The first-order chi connectivity index (χ1) is 7.63. The van der Waals surface area contributed by atoms with Gasteiger partial charge < -0.3 is 15.7 Å². The largest absolute Gasteiger partial charge is 0.478 e. The van der Waals surface area contributed by atoms with Gasteiger partial charge in [0, 0.05) is 23.3 Å². The summed E-state index contributed by atoms with van der Waals surface area (Å²) in [6, 6.07) is 1.61. The van der Waals surface area contributed by atoms with Crippen molar-refractivity contribution < 1.29 is 14.7 Å². The van der Waals surface area contributed by atoms with Gasteiger partial charge in [-0.25, -0.2) is 4.79 Å². The zero-order valence-electron chi connectivity index (χ0n) is 8.95. The average molecular weight is 242 g/mol. The first-order valence-electron chi connectivity index (χ1n) is 4.91. The number of hydrogen-bond donors (Lipinski definition) is 3. The Balaban J connectivity index is 2.32. The van der Waals surface area contributed by atoms with E-state index in [1.807, 2.05) is 6.92 Å².